The van der Waals surface area contributed by atoms with Crippen LogP contribution in [0.1, 0.15) is 11.4 Å². The highest BCUT2D eigenvalue weighted by molar-refractivity contribution is 7.98. The van der Waals surface area contributed by atoms with Gasteiger partial charge in [-0.25, -0.2) is 9.07 Å². The Hall–Kier alpha value is -2.88. The average Bonchev–Trinajstić information content (AvgIpc) is 2.99. The van der Waals surface area contributed by atoms with Crippen molar-refractivity contribution in [1.29, 1.82) is 0 Å². The van der Waals surface area contributed by atoms with Gasteiger partial charge in [0.2, 0.25) is 5.16 Å². The van der Waals surface area contributed by atoms with E-state index in [-0.39, 0.29) is 18.2 Å². The maximum atomic E-state index is 12.9. The summed E-state index contributed by atoms with van der Waals surface area (Å²) in [6.45, 7) is -2.81. The highest BCUT2D eigenvalue weighted by Gasteiger charge is 2.12. The van der Waals surface area contributed by atoms with Gasteiger partial charge in [-0.15, -0.1) is 10.2 Å². The summed E-state index contributed by atoms with van der Waals surface area (Å²) < 4.78 is 48.6. The predicted octanol–water partition coefficient (Wildman–Crippen LogP) is 3.60. The Morgan fingerprint density at radius 1 is 1.07 bits per heavy atom. The monoisotopic (exact) mass is 396 g/mol. The molecule has 6 nitrogen and oxygen atoms in total. The summed E-state index contributed by atoms with van der Waals surface area (Å²) in [5.74, 6) is 6.99. The molecule has 10 heteroatoms. The van der Waals surface area contributed by atoms with Crippen LogP contribution in [0.5, 0.6) is 11.5 Å². The van der Waals surface area contributed by atoms with Gasteiger partial charge in [0.05, 0.1) is 0 Å². The summed E-state index contributed by atoms with van der Waals surface area (Å²) in [6.07, 6.45) is 0. The minimum atomic E-state index is -2.87. The number of benzene rings is 2. The molecular weight excluding hydrogens is 381 g/mol. The lowest BCUT2D eigenvalue weighted by Crippen LogP contribution is -2.15. The third-order valence-corrected chi connectivity index (χ3v) is 4.42. The topological polar surface area (TPSA) is 75.2 Å². The summed E-state index contributed by atoms with van der Waals surface area (Å²) in [4.78, 5) is 0. The molecule has 0 radical (unpaired) electrons. The molecule has 0 saturated heterocycles. The number of nitrogen functional groups attached to an aromatic ring is 1. The SMILES string of the molecule is Nn1c(COc2ccc(F)cc2)nnc1SCc1cccc(OC(F)F)c1. The lowest BCUT2D eigenvalue weighted by Gasteiger charge is -2.07. The molecule has 0 aliphatic heterocycles. The van der Waals surface area contributed by atoms with Gasteiger partial charge in [0, 0.05) is 5.75 Å². The zero-order chi connectivity index (χ0) is 19.2. The molecule has 0 bridgehead atoms. The van der Waals surface area contributed by atoms with Gasteiger partial charge in [0.25, 0.3) is 0 Å². The molecule has 3 aromatic rings. The number of nitrogens with two attached hydrogens (primary N) is 1. The fourth-order valence-corrected chi connectivity index (χ4v) is 2.96. The molecule has 0 unspecified atom stereocenters. The number of alkyl halides is 2. The van der Waals surface area contributed by atoms with E-state index in [0.717, 1.165) is 5.56 Å². The molecule has 0 atom stereocenters. The first-order valence-electron chi connectivity index (χ1n) is 7.75. The number of thioether (sulfide) groups is 1. The Labute approximate surface area is 157 Å². The molecular formula is C17H15F3N4O2S. The van der Waals surface area contributed by atoms with Crippen LogP contribution in [0.3, 0.4) is 0 Å². The zero-order valence-corrected chi connectivity index (χ0v) is 14.7. The Balaban J connectivity index is 1.58. The third kappa shape index (κ3) is 5.30. The van der Waals surface area contributed by atoms with Crippen LogP contribution in [0.4, 0.5) is 13.2 Å². The van der Waals surface area contributed by atoms with Gasteiger partial charge in [-0.1, -0.05) is 23.9 Å². The number of aromatic nitrogens is 3. The van der Waals surface area contributed by atoms with Crippen molar-refractivity contribution in [3.05, 3.63) is 65.7 Å². The normalized spacial score (nSPS) is 11.0. The van der Waals surface area contributed by atoms with E-state index in [2.05, 4.69) is 14.9 Å². The fraction of sp³-hybridized carbons (Fsp3) is 0.176. The first kappa shape index (κ1) is 18.9. The molecule has 2 N–H and O–H groups in total. The molecule has 27 heavy (non-hydrogen) atoms. The largest absolute Gasteiger partial charge is 0.486 e. The number of rotatable bonds is 8. The van der Waals surface area contributed by atoms with E-state index in [1.807, 2.05) is 0 Å². The van der Waals surface area contributed by atoms with Gasteiger partial charge < -0.3 is 15.3 Å². The summed E-state index contributed by atoms with van der Waals surface area (Å²) in [5, 5.41) is 8.39. The van der Waals surface area contributed by atoms with Crippen LogP contribution >= 0.6 is 11.8 Å². The van der Waals surface area contributed by atoms with E-state index in [0.29, 0.717) is 22.5 Å². The van der Waals surface area contributed by atoms with Crippen molar-refractivity contribution in [2.75, 3.05) is 5.84 Å². The molecule has 0 aliphatic carbocycles. The first-order valence-corrected chi connectivity index (χ1v) is 8.74. The Morgan fingerprint density at radius 3 is 2.59 bits per heavy atom. The van der Waals surface area contributed by atoms with Crippen molar-refractivity contribution in [3.8, 4) is 11.5 Å². The summed E-state index contributed by atoms with van der Waals surface area (Å²) in [7, 11) is 0. The summed E-state index contributed by atoms with van der Waals surface area (Å²) >= 11 is 1.29. The van der Waals surface area contributed by atoms with E-state index >= 15 is 0 Å². The molecule has 1 aromatic heterocycles. The molecule has 0 fully saturated rings. The number of hydrogen-bond donors (Lipinski definition) is 1. The number of ether oxygens (including phenoxy) is 2. The van der Waals surface area contributed by atoms with Crippen LogP contribution in [-0.2, 0) is 12.4 Å². The fourth-order valence-electron chi connectivity index (χ4n) is 2.14. The predicted molar refractivity (Wildman–Crippen MR) is 93.5 cm³/mol. The van der Waals surface area contributed by atoms with E-state index in [9.17, 15) is 13.2 Å². The van der Waals surface area contributed by atoms with Crippen molar-refractivity contribution in [1.82, 2.24) is 14.9 Å². The lowest BCUT2D eigenvalue weighted by molar-refractivity contribution is -0.0498. The molecule has 0 amide bonds. The van der Waals surface area contributed by atoms with Crippen LogP contribution in [0.15, 0.2) is 53.7 Å². The van der Waals surface area contributed by atoms with Gasteiger partial charge in [-0.3, -0.25) is 0 Å². The highest BCUT2D eigenvalue weighted by Crippen LogP contribution is 2.24. The Morgan fingerprint density at radius 2 is 1.85 bits per heavy atom. The van der Waals surface area contributed by atoms with Gasteiger partial charge in [0.1, 0.15) is 23.9 Å². The van der Waals surface area contributed by atoms with Crippen molar-refractivity contribution in [2.24, 2.45) is 0 Å². The van der Waals surface area contributed by atoms with Crippen LogP contribution in [0, 0.1) is 5.82 Å². The van der Waals surface area contributed by atoms with Crippen molar-refractivity contribution in [3.63, 3.8) is 0 Å². The van der Waals surface area contributed by atoms with E-state index in [1.165, 1.54) is 52.8 Å². The lowest BCUT2D eigenvalue weighted by atomic mass is 10.2. The van der Waals surface area contributed by atoms with Gasteiger partial charge in [-0.2, -0.15) is 8.78 Å². The van der Waals surface area contributed by atoms with Crippen LogP contribution in [0.25, 0.3) is 0 Å². The summed E-state index contributed by atoms with van der Waals surface area (Å²) in [6, 6.07) is 12.0. The molecule has 0 spiro atoms. The van der Waals surface area contributed by atoms with Gasteiger partial charge in [0.15, 0.2) is 5.82 Å². The van der Waals surface area contributed by atoms with Crippen molar-refractivity contribution in [2.45, 2.75) is 24.1 Å². The second kappa shape index (κ2) is 8.67. The first-order chi connectivity index (χ1) is 13.0. The Kier molecular flexibility index (Phi) is 6.07. The van der Waals surface area contributed by atoms with Crippen molar-refractivity contribution >= 4 is 11.8 Å². The Bertz CT molecular complexity index is 890. The molecule has 2 aromatic carbocycles. The minimum Gasteiger partial charge on any atom is -0.486 e. The third-order valence-electron chi connectivity index (χ3n) is 3.41. The molecule has 1 heterocycles. The van der Waals surface area contributed by atoms with Crippen molar-refractivity contribution < 1.29 is 22.6 Å². The highest BCUT2D eigenvalue weighted by atomic mass is 32.2. The van der Waals surface area contributed by atoms with Gasteiger partial charge in [-0.05, 0) is 42.0 Å². The maximum absolute atomic E-state index is 12.9. The average molecular weight is 396 g/mol. The van der Waals surface area contributed by atoms with Crippen LogP contribution < -0.4 is 15.3 Å². The van der Waals surface area contributed by atoms with Crippen LogP contribution in [0.2, 0.25) is 0 Å². The van der Waals surface area contributed by atoms with E-state index < -0.39 is 6.61 Å². The second-order valence-electron chi connectivity index (χ2n) is 5.33. The molecule has 142 valence electrons. The molecule has 3 rings (SSSR count). The standard InChI is InChI=1S/C17H15F3N4O2S/c18-12-4-6-13(7-5-12)25-9-15-22-23-17(24(15)21)27-10-11-2-1-3-14(8-11)26-16(19)20/h1-8,16H,9-10,21H2. The van der Waals surface area contributed by atoms with Crippen LogP contribution in [-0.4, -0.2) is 21.5 Å². The molecule has 0 aliphatic rings. The smallest absolute Gasteiger partial charge is 0.387 e. The number of halogens is 3. The number of nitrogens with zero attached hydrogens (tertiary/aromatic N) is 3. The second-order valence-corrected chi connectivity index (χ2v) is 6.27. The van der Waals surface area contributed by atoms with E-state index in [4.69, 9.17) is 10.6 Å². The maximum Gasteiger partial charge on any atom is 0.387 e. The van der Waals surface area contributed by atoms with Gasteiger partial charge >= 0.3 is 6.61 Å². The zero-order valence-electron chi connectivity index (χ0n) is 13.9. The minimum absolute atomic E-state index is 0.0629. The molecule has 0 saturated carbocycles. The quantitative estimate of drug-likeness (QED) is 0.463. The summed E-state index contributed by atoms with van der Waals surface area (Å²) in [5.41, 5.74) is 0.769. The van der Waals surface area contributed by atoms with E-state index in [1.54, 1.807) is 12.1 Å². The number of hydrogen-bond acceptors (Lipinski definition) is 6.